The van der Waals surface area contributed by atoms with E-state index in [1.54, 1.807) is 18.2 Å². The second-order valence-electron chi connectivity index (χ2n) is 41.7. The number of methoxy groups -OCH3 is 1. The van der Waals surface area contributed by atoms with E-state index in [-0.39, 0.29) is 75.5 Å². The SMILES string of the molecule is C=C1CC[C@@]2(O)[C@H]3Cc4ccc(O)c5c4[C@@]2(CCN3CC2CC2)[C@H]1O5.CO[C@]12CC[C@@]3(C[C@@H]1C(C)(O)C(C)(C)C)C1Cc4ccc(O)c5c4[C@@]3(CCN1CC1CC1)[C@H]2O5.Oc1ccc2c3c1O[C@H]1C(O)CC[C@@]4(O)[C@@H](C2)N(CC2CCC2)CC[C@]314.Oc1ccc2c3c1O[C@H]1C4(CC[C@@]5(O)[C@@H](C2)N(CC2CC2)CC[C@]315)OCCO4. The number of fused-ring (bicyclic) bond motifs is 3. The fourth-order valence-electron chi connectivity index (χ4n) is 30.0. The van der Waals surface area contributed by atoms with Crippen LogP contribution in [-0.4, -0.2) is 227 Å². The molecule has 20 heteroatoms. The Labute approximate surface area is 664 Å². The van der Waals surface area contributed by atoms with Crippen molar-refractivity contribution in [1.29, 1.82) is 0 Å². The first kappa shape index (κ1) is 72.7. The minimum Gasteiger partial charge on any atom is -0.504 e. The van der Waals surface area contributed by atoms with Gasteiger partial charge in [-0.3, -0.25) is 19.6 Å². The Morgan fingerprint density at radius 3 is 1.42 bits per heavy atom. The smallest absolute Gasteiger partial charge is 0.207 e. The summed E-state index contributed by atoms with van der Waals surface area (Å²) in [6.45, 7) is 22.4. The first-order valence-electron chi connectivity index (χ1n) is 44.3. The second-order valence-corrected chi connectivity index (χ2v) is 41.7. The van der Waals surface area contributed by atoms with Gasteiger partial charge in [-0.15, -0.1) is 0 Å². The summed E-state index contributed by atoms with van der Waals surface area (Å²) in [6.07, 6.45) is 24.2. The maximum Gasteiger partial charge on any atom is 0.207 e. The molecule has 0 amide bonds. The number of aliphatic hydroxyl groups is 5. The Morgan fingerprint density at radius 1 is 0.469 bits per heavy atom. The van der Waals surface area contributed by atoms with Crippen LogP contribution in [-0.2, 0) is 61.6 Å². The lowest BCUT2D eigenvalue weighted by Gasteiger charge is -2.75. The van der Waals surface area contributed by atoms with E-state index < -0.39 is 68.3 Å². The Hall–Kier alpha value is -5.46. The highest BCUT2D eigenvalue weighted by Gasteiger charge is 2.84. The largest absolute Gasteiger partial charge is 0.504 e. The van der Waals surface area contributed by atoms with Crippen molar-refractivity contribution in [2.75, 3.05) is 72.7 Å². The minimum atomic E-state index is -0.909. The molecule has 9 aliphatic heterocycles. The molecular formula is C93H120N4O16. The molecule has 9 N–H and O–H groups in total. The number of aromatic hydroxyl groups is 4. The normalized spacial score (nSPS) is 42.9. The lowest BCUT2D eigenvalue weighted by Crippen LogP contribution is -2.83. The van der Waals surface area contributed by atoms with E-state index in [2.05, 4.69) is 53.0 Å². The maximum atomic E-state index is 12.3. The van der Waals surface area contributed by atoms with Gasteiger partial charge in [-0.25, -0.2) is 0 Å². The number of phenols is 4. The molecule has 15 fully saturated rings. The summed E-state index contributed by atoms with van der Waals surface area (Å²) < 4.78 is 44.7. The van der Waals surface area contributed by atoms with Crippen LogP contribution in [0.3, 0.4) is 0 Å². The van der Waals surface area contributed by atoms with Gasteiger partial charge < -0.3 is 79.1 Å². The molecule has 20 atom stereocenters. The number of likely N-dealkylation sites (tertiary alicyclic amines) is 4. The maximum absolute atomic E-state index is 12.3. The number of ether oxygens (including phenoxy) is 7. The Kier molecular flexibility index (Phi) is 15.4. The molecule has 5 saturated heterocycles. The standard InChI is InChI=1S/C29H41NO4.C22H27NO5.C21H27NO4.C21H25NO3/c1-25(2,3)26(4,32)20-15-27-10-11-29(20,33-5)24-28(27)12-13-30(16-17-6-7-17)21(27)14-18-8-9-19(31)23(34-24)22(18)28;24-15-4-3-14-11-16-21(25)5-6-22(26-9-10-27-22)19-20(21,17(14)18(15)28-19)7-8-23(16)12-13-1-2-13;23-14-5-4-13-10-16-21(25)7-6-15(24)19-20(21,17(13)18(14)26-19)8-9-22(16)11-12-2-1-3-12;1-12-6-7-21(24)16-10-14-4-5-15(23)18-17(14)20(21,19(12)25-18)8-9-22(16)11-13-2-3-13/h8-9,17,20-21,24,31-32H,6-7,10-16H2,1-5H3;3-4,13,16,19,24-25H,1-2,5-12H2;4-5,12,15-16,19,23-25H,1-3,6-11H2;4-5,13,16,19,23-24H,1-3,6-11H2/t20-,21?,24-,26?,27-,28+,29-;16-,19-,20+,21-;15?,16-,19+,20+,21-;16-,19+,20+,21-/m1111/s1. The van der Waals surface area contributed by atoms with Crippen LogP contribution in [0.15, 0.2) is 60.7 Å². The van der Waals surface area contributed by atoms with E-state index in [1.165, 1.54) is 92.1 Å². The number of hydrogen-bond acceptors (Lipinski definition) is 20. The van der Waals surface area contributed by atoms with Crippen molar-refractivity contribution in [3.8, 4) is 46.0 Å². The van der Waals surface area contributed by atoms with Crippen LogP contribution in [0.25, 0.3) is 0 Å². The van der Waals surface area contributed by atoms with Gasteiger partial charge in [0.15, 0.2) is 52.1 Å². The van der Waals surface area contributed by atoms with Crippen molar-refractivity contribution in [3.63, 3.8) is 0 Å². The molecule has 3 unspecified atom stereocenters. The lowest BCUT2D eigenvalue weighted by atomic mass is 9.33. The number of rotatable bonds is 10. The van der Waals surface area contributed by atoms with Crippen LogP contribution in [0.2, 0.25) is 0 Å². The number of piperidine rings is 4. The molecule has 0 aromatic heterocycles. The fraction of sp³-hybridized carbons (Fsp3) is 0.720. The zero-order chi connectivity index (χ0) is 77.3. The van der Waals surface area contributed by atoms with Gasteiger partial charge in [0.2, 0.25) is 5.79 Å². The van der Waals surface area contributed by atoms with Crippen molar-refractivity contribution < 1.29 is 79.1 Å². The zero-order valence-electron chi connectivity index (χ0n) is 67.0. The molecule has 4 aromatic carbocycles. The van der Waals surface area contributed by atoms with E-state index in [4.69, 9.17) is 33.2 Å². The van der Waals surface area contributed by atoms with E-state index in [9.17, 15) is 46.0 Å². The van der Waals surface area contributed by atoms with E-state index in [1.807, 2.05) is 38.3 Å². The average molecular weight is 1550 g/mol. The molecule has 23 aliphatic rings. The van der Waals surface area contributed by atoms with Gasteiger partial charge in [-0.1, -0.05) is 58.0 Å². The number of nitrogens with zero attached hydrogens (tertiary/aromatic N) is 4. The number of benzene rings is 4. The number of hydrogen-bond donors (Lipinski definition) is 9. The highest BCUT2D eigenvalue weighted by Crippen LogP contribution is 2.79. The molecular weight excluding hydrogens is 1430 g/mol. The Balaban J connectivity index is 0.0000000902. The molecule has 14 aliphatic carbocycles. The van der Waals surface area contributed by atoms with Crippen LogP contribution in [0.1, 0.15) is 213 Å². The van der Waals surface area contributed by atoms with Crippen molar-refractivity contribution in [2.45, 2.75) is 305 Å². The molecule has 6 spiro atoms. The van der Waals surface area contributed by atoms with Crippen LogP contribution >= 0.6 is 0 Å². The quantitative estimate of drug-likeness (QED) is 0.0669. The average Bonchev–Trinajstić information content (AvgIpc) is 1.57. The number of phenolic OH excluding ortho intramolecular Hbond substituents is 4. The molecule has 4 aromatic rings. The van der Waals surface area contributed by atoms with Gasteiger partial charge in [0.1, 0.15) is 23.9 Å². The second kappa shape index (κ2) is 24.0. The topological polar surface area (TPSA) is 260 Å². The Bertz CT molecular complexity index is 4640. The fourth-order valence-corrected chi connectivity index (χ4v) is 30.0. The van der Waals surface area contributed by atoms with Crippen LogP contribution in [0.5, 0.6) is 46.0 Å². The lowest BCUT2D eigenvalue weighted by molar-refractivity contribution is -0.312. The van der Waals surface area contributed by atoms with E-state index >= 15 is 0 Å². The van der Waals surface area contributed by atoms with Crippen LogP contribution in [0, 0.1) is 40.4 Å². The molecule has 0 radical (unpaired) electrons. The van der Waals surface area contributed by atoms with E-state index in [0.717, 1.165) is 175 Å². The summed E-state index contributed by atoms with van der Waals surface area (Å²) in [5, 5.41) is 102. The molecule has 608 valence electrons. The van der Waals surface area contributed by atoms with Crippen molar-refractivity contribution in [3.05, 3.63) is 105 Å². The third kappa shape index (κ3) is 9.11. The predicted molar refractivity (Wildman–Crippen MR) is 419 cm³/mol. The van der Waals surface area contributed by atoms with E-state index in [0.29, 0.717) is 67.9 Å². The zero-order valence-corrected chi connectivity index (χ0v) is 67.0. The Morgan fingerprint density at radius 2 is 0.903 bits per heavy atom. The highest BCUT2D eigenvalue weighted by atomic mass is 16.8. The van der Waals surface area contributed by atoms with Gasteiger partial charge >= 0.3 is 0 Å². The molecule has 20 nitrogen and oxygen atoms in total. The third-order valence-corrected chi connectivity index (χ3v) is 36.4. The van der Waals surface area contributed by atoms with Gasteiger partial charge in [-0.2, -0.15) is 0 Å². The first-order chi connectivity index (χ1) is 54.2. The van der Waals surface area contributed by atoms with Crippen LogP contribution < -0.4 is 18.9 Å². The predicted octanol–water partition coefficient (Wildman–Crippen LogP) is 10.3. The third-order valence-electron chi connectivity index (χ3n) is 36.4. The summed E-state index contributed by atoms with van der Waals surface area (Å²) >= 11 is 0. The number of aliphatic hydroxyl groups excluding tert-OH is 1. The van der Waals surface area contributed by atoms with Crippen molar-refractivity contribution >= 4 is 0 Å². The summed E-state index contributed by atoms with van der Waals surface area (Å²) in [5.41, 5.74) is 4.49. The minimum absolute atomic E-state index is 0.0294. The van der Waals surface area contributed by atoms with Gasteiger partial charge in [0.05, 0.1) is 58.0 Å². The monoisotopic (exact) mass is 1550 g/mol. The van der Waals surface area contributed by atoms with Crippen LogP contribution in [0.4, 0.5) is 0 Å². The molecule has 27 rings (SSSR count). The van der Waals surface area contributed by atoms with Crippen molar-refractivity contribution in [1.82, 2.24) is 19.6 Å². The molecule has 10 saturated carbocycles. The molecule has 10 bridgehead atoms. The summed E-state index contributed by atoms with van der Waals surface area (Å²) in [5.74, 6) is 5.56. The van der Waals surface area contributed by atoms with Gasteiger partial charge in [0.25, 0.3) is 0 Å². The summed E-state index contributed by atoms with van der Waals surface area (Å²) in [6, 6.07) is 16.1. The van der Waals surface area contributed by atoms with Crippen molar-refractivity contribution in [2.24, 2.45) is 40.4 Å². The summed E-state index contributed by atoms with van der Waals surface area (Å²) in [7, 11) is 1.83. The molecule has 9 heterocycles. The molecule has 113 heavy (non-hydrogen) atoms. The van der Waals surface area contributed by atoms with Gasteiger partial charge in [0, 0.05) is 103 Å². The summed E-state index contributed by atoms with van der Waals surface area (Å²) in [4.78, 5) is 10.4. The van der Waals surface area contributed by atoms with Gasteiger partial charge in [-0.05, 0) is 268 Å². The highest BCUT2D eigenvalue weighted by molar-refractivity contribution is 5.68. The first-order valence-corrected chi connectivity index (χ1v) is 44.3.